The van der Waals surface area contributed by atoms with Gasteiger partial charge in [0.1, 0.15) is 4.66 Å². The highest BCUT2D eigenvalue weighted by atomic mass is 32.1. The van der Waals surface area contributed by atoms with Crippen molar-refractivity contribution in [3.8, 4) is 0 Å². The number of H-pyrrole nitrogens is 1. The lowest BCUT2D eigenvalue weighted by molar-refractivity contribution is 0.0378. The van der Waals surface area contributed by atoms with Gasteiger partial charge >= 0.3 is 0 Å². The molecule has 174 valence electrons. The molecule has 1 aliphatic rings. The molecule has 1 fully saturated rings. The molecule has 3 heterocycles. The van der Waals surface area contributed by atoms with Crippen LogP contribution in [-0.2, 0) is 4.74 Å². The maximum atomic E-state index is 12.3. The number of ether oxygens (including phenoxy) is 1. The fraction of sp³-hybridized carbons (Fsp3) is 0.391. The molecular weight excluding hydrogens is 456 g/mol. The van der Waals surface area contributed by atoms with Gasteiger partial charge in [-0.2, -0.15) is 10.2 Å². The number of benzene rings is 1. The SMILES string of the molecule is Cc1ccc(N=N/C=c2/[nH]c(=O)/c(=C/c3cnc(NCCCN4CCOCC4)s3)s2)c(C)c1. The molecule has 0 bridgehead atoms. The van der Waals surface area contributed by atoms with Gasteiger partial charge in [0, 0.05) is 25.8 Å². The topological polar surface area (TPSA) is 95.0 Å². The molecule has 1 saturated heterocycles. The van der Waals surface area contributed by atoms with Gasteiger partial charge in [-0.1, -0.05) is 29.0 Å². The van der Waals surface area contributed by atoms with E-state index >= 15 is 0 Å². The van der Waals surface area contributed by atoms with Crippen molar-refractivity contribution in [1.29, 1.82) is 0 Å². The second-order valence-electron chi connectivity index (χ2n) is 7.87. The van der Waals surface area contributed by atoms with E-state index in [9.17, 15) is 4.79 Å². The number of aromatic nitrogens is 2. The van der Waals surface area contributed by atoms with Crippen LogP contribution in [0.2, 0.25) is 0 Å². The molecule has 33 heavy (non-hydrogen) atoms. The van der Waals surface area contributed by atoms with Gasteiger partial charge in [-0.15, -0.1) is 11.3 Å². The molecule has 0 radical (unpaired) electrons. The van der Waals surface area contributed by atoms with Crippen LogP contribution in [-0.4, -0.2) is 54.3 Å². The Hall–Kier alpha value is -2.66. The van der Waals surface area contributed by atoms with Crippen LogP contribution in [0.15, 0.2) is 39.4 Å². The average molecular weight is 485 g/mol. The van der Waals surface area contributed by atoms with E-state index in [2.05, 4.69) is 36.5 Å². The first-order valence-corrected chi connectivity index (χ1v) is 12.6. The summed E-state index contributed by atoms with van der Waals surface area (Å²) in [5.41, 5.74) is 2.93. The molecule has 0 saturated carbocycles. The summed E-state index contributed by atoms with van der Waals surface area (Å²) in [6, 6.07) is 6.01. The van der Waals surface area contributed by atoms with Gasteiger partial charge in [0.05, 0.1) is 34.5 Å². The Morgan fingerprint density at radius 2 is 2.12 bits per heavy atom. The number of hydrogen-bond acceptors (Lipinski definition) is 9. The van der Waals surface area contributed by atoms with Crippen LogP contribution >= 0.6 is 22.7 Å². The predicted molar refractivity (Wildman–Crippen MR) is 135 cm³/mol. The minimum Gasteiger partial charge on any atom is -0.379 e. The third-order valence-electron chi connectivity index (χ3n) is 5.20. The highest BCUT2D eigenvalue weighted by molar-refractivity contribution is 7.16. The number of hydrogen-bond donors (Lipinski definition) is 2. The molecule has 0 aliphatic carbocycles. The van der Waals surface area contributed by atoms with E-state index in [1.165, 1.54) is 28.2 Å². The van der Waals surface area contributed by atoms with Crippen LogP contribution in [0.5, 0.6) is 0 Å². The van der Waals surface area contributed by atoms with Gasteiger partial charge in [-0.05, 0) is 44.5 Å². The molecule has 3 aromatic rings. The van der Waals surface area contributed by atoms with E-state index in [0.29, 0.717) is 9.20 Å². The Bertz CT molecular complexity index is 1270. The summed E-state index contributed by atoms with van der Waals surface area (Å²) in [5, 5.41) is 12.6. The molecular formula is C23H28N6O2S2. The molecule has 0 spiro atoms. The van der Waals surface area contributed by atoms with Gasteiger partial charge < -0.3 is 15.0 Å². The molecule has 1 aromatic carbocycles. The van der Waals surface area contributed by atoms with Gasteiger partial charge in [0.2, 0.25) is 0 Å². The summed E-state index contributed by atoms with van der Waals surface area (Å²) in [6.45, 7) is 9.66. The lowest BCUT2D eigenvalue weighted by atomic mass is 10.1. The number of morpholine rings is 1. The summed E-state index contributed by atoms with van der Waals surface area (Å²) in [7, 11) is 0. The quantitative estimate of drug-likeness (QED) is 0.379. The number of thiazole rings is 2. The smallest absolute Gasteiger partial charge is 0.266 e. The Morgan fingerprint density at radius 1 is 1.27 bits per heavy atom. The van der Waals surface area contributed by atoms with E-state index in [1.54, 1.807) is 12.4 Å². The minimum absolute atomic E-state index is 0.138. The van der Waals surface area contributed by atoms with E-state index in [0.717, 1.165) is 67.1 Å². The van der Waals surface area contributed by atoms with Crippen LogP contribution in [0, 0.1) is 13.8 Å². The first-order valence-electron chi connectivity index (χ1n) is 11.0. The van der Waals surface area contributed by atoms with Crippen molar-refractivity contribution >= 4 is 45.8 Å². The van der Waals surface area contributed by atoms with Crippen molar-refractivity contribution in [1.82, 2.24) is 14.9 Å². The fourth-order valence-corrected chi connectivity index (χ4v) is 5.14. The fourth-order valence-electron chi connectivity index (χ4n) is 3.47. The monoisotopic (exact) mass is 484 g/mol. The lowest BCUT2D eigenvalue weighted by Crippen LogP contribution is -2.37. The van der Waals surface area contributed by atoms with Crippen LogP contribution in [0.4, 0.5) is 10.8 Å². The number of anilines is 1. The molecule has 2 aromatic heterocycles. The van der Waals surface area contributed by atoms with Gasteiger partial charge in [-0.3, -0.25) is 9.69 Å². The molecule has 0 atom stereocenters. The second kappa shape index (κ2) is 11.5. The van der Waals surface area contributed by atoms with Crippen LogP contribution in [0.25, 0.3) is 12.3 Å². The minimum atomic E-state index is -0.138. The summed E-state index contributed by atoms with van der Waals surface area (Å²) >= 11 is 2.89. The van der Waals surface area contributed by atoms with Crippen molar-refractivity contribution in [3.05, 3.63) is 59.9 Å². The Balaban J connectivity index is 1.35. The second-order valence-corrected chi connectivity index (χ2v) is 10.0. The molecule has 1 aliphatic heterocycles. The average Bonchev–Trinajstić information content (AvgIpc) is 3.40. The summed E-state index contributed by atoms with van der Waals surface area (Å²) in [4.78, 5) is 22.9. The maximum absolute atomic E-state index is 12.3. The maximum Gasteiger partial charge on any atom is 0.266 e. The Kier molecular flexibility index (Phi) is 8.16. The van der Waals surface area contributed by atoms with Gasteiger partial charge in [0.25, 0.3) is 5.56 Å². The zero-order valence-electron chi connectivity index (χ0n) is 18.8. The van der Waals surface area contributed by atoms with E-state index in [1.807, 2.05) is 32.1 Å². The third-order valence-corrected chi connectivity index (χ3v) is 7.05. The van der Waals surface area contributed by atoms with Crippen molar-refractivity contribution < 1.29 is 4.74 Å². The Morgan fingerprint density at radius 3 is 2.94 bits per heavy atom. The van der Waals surface area contributed by atoms with Gasteiger partial charge in [-0.25, -0.2) is 4.98 Å². The predicted octanol–water partition coefficient (Wildman–Crippen LogP) is 2.99. The first-order chi connectivity index (χ1) is 16.1. The van der Waals surface area contributed by atoms with E-state index < -0.39 is 0 Å². The lowest BCUT2D eigenvalue weighted by Gasteiger charge is -2.26. The third kappa shape index (κ3) is 6.91. The molecule has 4 rings (SSSR count). The summed E-state index contributed by atoms with van der Waals surface area (Å²) in [5.74, 6) is 0. The van der Waals surface area contributed by atoms with Crippen LogP contribution < -0.4 is 20.1 Å². The standard InChI is InChI=1S/C23H28N6O2S2/c1-16-4-5-19(17(2)12-16)28-26-15-21-27-22(30)20(33-21)13-18-14-25-23(32-18)24-6-3-7-29-8-10-31-11-9-29/h4-5,12-15H,3,6-11H2,1-2H3,(H,24,25)(H,27,30)/b20-13-,21-15-,28-26?. The largest absolute Gasteiger partial charge is 0.379 e. The Labute approximate surface area is 200 Å². The van der Waals surface area contributed by atoms with E-state index in [-0.39, 0.29) is 5.56 Å². The number of rotatable bonds is 8. The molecule has 10 heteroatoms. The van der Waals surface area contributed by atoms with Crippen molar-refractivity contribution in [3.63, 3.8) is 0 Å². The zero-order valence-corrected chi connectivity index (χ0v) is 20.5. The highest BCUT2D eigenvalue weighted by Crippen LogP contribution is 2.20. The summed E-state index contributed by atoms with van der Waals surface area (Å²) in [6.07, 6.45) is 6.28. The van der Waals surface area contributed by atoms with Crippen molar-refractivity contribution in [2.24, 2.45) is 10.2 Å². The van der Waals surface area contributed by atoms with Crippen molar-refractivity contribution in [2.75, 3.05) is 44.7 Å². The molecule has 0 amide bonds. The highest BCUT2D eigenvalue weighted by Gasteiger charge is 2.09. The van der Waals surface area contributed by atoms with Crippen LogP contribution in [0.3, 0.4) is 0 Å². The molecule has 2 N–H and O–H groups in total. The number of azo groups is 1. The molecule has 8 nitrogen and oxygen atoms in total. The number of aromatic amines is 1. The zero-order chi connectivity index (χ0) is 23.0. The number of nitrogens with one attached hydrogen (secondary N) is 2. The van der Waals surface area contributed by atoms with Crippen LogP contribution in [0.1, 0.15) is 22.4 Å². The normalized spacial score (nSPS) is 16.2. The first kappa shape index (κ1) is 23.5. The number of nitrogens with zero attached hydrogens (tertiary/aromatic N) is 4. The van der Waals surface area contributed by atoms with Crippen molar-refractivity contribution in [2.45, 2.75) is 20.3 Å². The molecule has 0 unspecified atom stereocenters. The summed E-state index contributed by atoms with van der Waals surface area (Å²) < 4.78 is 6.65. The number of aryl methyl sites for hydroxylation is 2. The van der Waals surface area contributed by atoms with Gasteiger partial charge in [0.15, 0.2) is 5.13 Å². The van der Waals surface area contributed by atoms with E-state index in [4.69, 9.17) is 4.74 Å².